The molecule has 2 amide bonds. The topological polar surface area (TPSA) is 62.3 Å². The number of nitrogens with one attached hydrogen (secondary N) is 1. The summed E-state index contributed by atoms with van der Waals surface area (Å²) in [5.74, 6) is -1.46. The van der Waals surface area contributed by atoms with Gasteiger partial charge in [-0.05, 0) is 48.7 Å². The maximum absolute atomic E-state index is 14.5. The number of likely N-dealkylation sites (N-methyl/N-ethyl adjacent to an activating group) is 1. The Labute approximate surface area is 154 Å². The van der Waals surface area contributed by atoms with E-state index in [-0.39, 0.29) is 24.6 Å². The van der Waals surface area contributed by atoms with Crippen LogP contribution in [-0.4, -0.2) is 35.3 Å². The summed E-state index contributed by atoms with van der Waals surface area (Å²) in [6.07, 6.45) is 3.30. The molecule has 5 nitrogen and oxygen atoms in total. The van der Waals surface area contributed by atoms with Gasteiger partial charge in [-0.2, -0.15) is 0 Å². The molecule has 1 aromatic heterocycles. The quantitative estimate of drug-likeness (QED) is 0.828. The summed E-state index contributed by atoms with van der Waals surface area (Å²) >= 11 is 3.24. The lowest BCUT2D eigenvalue weighted by Gasteiger charge is -2.23. The number of aromatic nitrogens is 1. The molecule has 0 atom stereocenters. The fraction of sp³-hybridized carbons (Fsp3) is 0.278. The van der Waals surface area contributed by atoms with Crippen LogP contribution in [-0.2, 0) is 11.3 Å². The minimum absolute atomic E-state index is 0.0638. The predicted octanol–water partition coefficient (Wildman–Crippen LogP) is 2.99. The van der Waals surface area contributed by atoms with Gasteiger partial charge in [0, 0.05) is 30.5 Å². The van der Waals surface area contributed by atoms with Crippen LogP contribution in [0, 0.1) is 19.7 Å². The van der Waals surface area contributed by atoms with E-state index in [0.717, 1.165) is 11.1 Å². The number of amides is 2. The summed E-state index contributed by atoms with van der Waals surface area (Å²) < 4.78 is 15.1. The molecule has 0 saturated heterocycles. The lowest BCUT2D eigenvalue weighted by Crippen LogP contribution is -2.39. The Kier molecular flexibility index (Phi) is 6.25. The zero-order valence-corrected chi connectivity index (χ0v) is 15.9. The van der Waals surface area contributed by atoms with Gasteiger partial charge in [0.2, 0.25) is 5.91 Å². The van der Waals surface area contributed by atoms with E-state index < -0.39 is 11.7 Å². The predicted molar refractivity (Wildman–Crippen MR) is 96.6 cm³/mol. The van der Waals surface area contributed by atoms with Crippen LogP contribution in [0.3, 0.4) is 0 Å². The molecule has 0 unspecified atom stereocenters. The average Bonchev–Trinajstić information content (AvgIpc) is 2.60. The summed E-state index contributed by atoms with van der Waals surface area (Å²) in [6.45, 7) is 3.48. The van der Waals surface area contributed by atoms with E-state index in [2.05, 4.69) is 26.2 Å². The van der Waals surface area contributed by atoms with Crippen LogP contribution in [0.2, 0.25) is 0 Å². The molecule has 2 aromatic rings. The van der Waals surface area contributed by atoms with E-state index in [1.807, 2.05) is 13.0 Å². The monoisotopic (exact) mass is 407 g/mol. The smallest absolute Gasteiger partial charge is 0.257 e. The zero-order valence-electron chi connectivity index (χ0n) is 14.3. The Morgan fingerprint density at radius 2 is 2.00 bits per heavy atom. The highest BCUT2D eigenvalue weighted by Gasteiger charge is 2.23. The van der Waals surface area contributed by atoms with E-state index >= 15 is 0 Å². The van der Waals surface area contributed by atoms with Crippen LogP contribution in [0.1, 0.15) is 27.0 Å². The van der Waals surface area contributed by atoms with E-state index in [4.69, 9.17) is 0 Å². The van der Waals surface area contributed by atoms with Gasteiger partial charge in [0.15, 0.2) is 0 Å². The van der Waals surface area contributed by atoms with Crippen molar-refractivity contribution < 1.29 is 14.0 Å². The normalized spacial score (nSPS) is 10.4. The first-order valence-corrected chi connectivity index (χ1v) is 8.48. The highest BCUT2D eigenvalue weighted by molar-refractivity contribution is 9.10. The lowest BCUT2D eigenvalue weighted by molar-refractivity contribution is -0.121. The summed E-state index contributed by atoms with van der Waals surface area (Å²) in [4.78, 5) is 30.1. The van der Waals surface area contributed by atoms with E-state index in [1.165, 1.54) is 18.0 Å². The van der Waals surface area contributed by atoms with Crippen molar-refractivity contribution in [2.75, 3.05) is 13.6 Å². The molecule has 0 aliphatic heterocycles. The Morgan fingerprint density at radius 3 is 2.64 bits per heavy atom. The molecule has 1 N–H and O–H groups in total. The second-order valence-corrected chi connectivity index (χ2v) is 6.52. The molecule has 0 radical (unpaired) electrons. The Bertz CT molecular complexity index is 811. The summed E-state index contributed by atoms with van der Waals surface area (Å²) in [5.41, 5.74) is 2.03. The van der Waals surface area contributed by atoms with Crippen LogP contribution < -0.4 is 5.32 Å². The molecular weight excluding hydrogens is 389 g/mol. The number of pyridine rings is 1. The fourth-order valence-corrected chi connectivity index (χ4v) is 2.62. The standard InChI is InChI=1S/C18H19BrFN3O2/c1-11-6-7-22-8-13(11)9-23(10-16(24)21-3)18(25)14-4-5-15(19)12(2)17(14)20/h4-8H,9-10H2,1-3H3,(H,21,24). The fourth-order valence-electron chi connectivity index (χ4n) is 2.32. The van der Waals surface area contributed by atoms with Crippen LogP contribution >= 0.6 is 15.9 Å². The molecular formula is C18H19BrFN3O2. The largest absolute Gasteiger partial charge is 0.358 e. The maximum Gasteiger partial charge on any atom is 0.257 e. The molecule has 7 heteroatoms. The van der Waals surface area contributed by atoms with Crippen LogP contribution in [0.4, 0.5) is 4.39 Å². The lowest BCUT2D eigenvalue weighted by atomic mass is 10.1. The molecule has 0 bridgehead atoms. The van der Waals surface area contributed by atoms with Crippen molar-refractivity contribution in [3.8, 4) is 0 Å². The number of carbonyl (C=O) groups is 2. The molecule has 0 spiro atoms. The van der Waals surface area contributed by atoms with Gasteiger partial charge in [-0.15, -0.1) is 0 Å². The molecule has 0 aliphatic rings. The number of hydrogen-bond donors (Lipinski definition) is 1. The maximum atomic E-state index is 14.5. The minimum atomic E-state index is -0.593. The third-order valence-corrected chi connectivity index (χ3v) is 4.82. The highest BCUT2D eigenvalue weighted by atomic mass is 79.9. The Morgan fingerprint density at radius 1 is 1.28 bits per heavy atom. The van der Waals surface area contributed by atoms with Gasteiger partial charge in [0.1, 0.15) is 12.4 Å². The van der Waals surface area contributed by atoms with Gasteiger partial charge in [0.05, 0.1) is 5.56 Å². The number of hydrogen-bond acceptors (Lipinski definition) is 3. The van der Waals surface area contributed by atoms with Gasteiger partial charge in [-0.25, -0.2) is 4.39 Å². The first kappa shape index (κ1) is 19.1. The van der Waals surface area contributed by atoms with Gasteiger partial charge >= 0.3 is 0 Å². The third-order valence-electron chi connectivity index (χ3n) is 3.96. The van der Waals surface area contributed by atoms with E-state index in [0.29, 0.717) is 10.0 Å². The molecule has 1 heterocycles. The summed E-state index contributed by atoms with van der Waals surface area (Å²) in [6, 6.07) is 4.86. The van der Waals surface area contributed by atoms with Crippen molar-refractivity contribution in [2.45, 2.75) is 20.4 Å². The van der Waals surface area contributed by atoms with Crippen molar-refractivity contribution in [1.82, 2.24) is 15.2 Å². The van der Waals surface area contributed by atoms with Crippen molar-refractivity contribution in [3.63, 3.8) is 0 Å². The van der Waals surface area contributed by atoms with E-state index in [9.17, 15) is 14.0 Å². The molecule has 0 saturated carbocycles. The number of aryl methyl sites for hydroxylation is 1. The molecule has 0 fully saturated rings. The molecule has 1 aromatic carbocycles. The van der Waals surface area contributed by atoms with Gasteiger partial charge in [0.25, 0.3) is 5.91 Å². The van der Waals surface area contributed by atoms with Gasteiger partial charge in [-0.1, -0.05) is 15.9 Å². The second kappa shape index (κ2) is 8.20. The number of halogens is 2. The second-order valence-electron chi connectivity index (χ2n) is 5.67. The first-order valence-electron chi connectivity index (χ1n) is 7.69. The number of benzene rings is 1. The van der Waals surface area contributed by atoms with Crippen molar-refractivity contribution in [1.29, 1.82) is 0 Å². The first-order chi connectivity index (χ1) is 11.8. The van der Waals surface area contributed by atoms with Crippen LogP contribution in [0.25, 0.3) is 0 Å². The summed E-state index contributed by atoms with van der Waals surface area (Å²) in [7, 11) is 1.49. The Balaban J connectivity index is 2.38. The van der Waals surface area contributed by atoms with Crippen LogP contribution in [0.15, 0.2) is 35.1 Å². The number of carbonyl (C=O) groups excluding carboxylic acids is 2. The highest BCUT2D eigenvalue weighted by Crippen LogP contribution is 2.23. The van der Waals surface area contributed by atoms with Gasteiger partial charge < -0.3 is 10.2 Å². The molecule has 25 heavy (non-hydrogen) atoms. The average molecular weight is 408 g/mol. The van der Waals surface area contributed by atoms with E-state index in [1.54, 1.807) is 25.4 Å². The zero-order chi connectivity index (χ0) is 18.6. The van der Waals surface area contributed by atoms with Crippen molar-refractivity contribution in [2.24, 2.45) is 0 Å². The molecule has 0 aliphatic carbocycles. The summed E-state index contributed by atoms with van der Waals surface area (Å²) in [5, 5.41) is 2.49. The van der Waals surface area contributed by atoms with Crippen molar-refractivity contribution >= 4 is 27.7 Å². The minimum Gasteiger partial charge on any atom is -0.358 e. The van der Waals surface area contributed by atoms with Gasteiger partial charge in [-0.3, -0.25) is 14.6 Å². The molecule has 2 rings (SSSR count). The van der Waals surface area contributed by atoms with Crippen LogP contribution in [0.5, 0.6) is 0 Å². The number of nitrogens with zero attached hydrogens (tertiary/aromatic N) is 2. The van der Waals surface area contributed by atoms with Crippen molar-refractivity contribution in [3.05, 3.63) is 63.1 Å². The SMILES string of the molecule is CNC(=O)CN(Cc1cnccc1C)C(=O)c1ccc(Br)c(C)c1F. The molecule has 132 valence electrons. The number of rotatable bonds is 5. The third kappa shape index (κ3) is 4.42. The Hall–Kier alpha value is -2.28.